The number of esters is 1. The maximum Gasteiger partial charge on any atom is 0.302 e. The number of methoxy groups -OCH3 is 1. The van der Waals surface area contributed by atoms with Crippen LogP contribution in [0.15, 0.2) is 11.1 Å². The molecule has 218 valence electrons. The molecule has 4 aliphatic rings. The van der Waals surface area contributed by atoms with Crippen LogP contribution in [0.1, 0.15) is 100 Å². The number of hydrogen-bond donors (Lipinski definition) is 3. The molecule has 0 radical (unpaired) electrons. The van der Waals surface area contributed by atoms with Gasteiger partial charge in [0.2, 0.25) is 0 Å². The third kappa shape index (κ3) is 4.59. The summed E-state index contributed by atoms with van der Waals surface area (Å²) in [5.41, 5.74) is 0.493. The molecule has 0 aromatic heterocycles. The number of fused-ring (bicyclic) bond motifs is 5. The number of aliphatic hydroxyl groups excluding tert-OH is 2. The van der Waals surface area contributed by atoms with Crippen molar-refractivity contribution in [2.45, 2.75) is 130 Å². The zero-order chi connectivity index (χ0) is 28.4. The van der Waals surface area contributed by atoms with Gasteiger partial charge in [-0.05, 0) is 86.0 Å². The predicted octanol–water partition coefficient (Wildman–Crippen LogP) is 5.28. The van der Waals surface area contributed by atoms with Crippen molar-refractivity contribution in [3.63, 3.8) is 0 Å². The Hall–Kier alpha value is -0.950. The number of hydrogen-bond acceptors (Lipinski definition) is 6. The maximum atomic E-state index is 12.5. The molecule has 3 N–H and O–H groups in total. The lowest BCUT2D eigenvalue weighted by Gasteiger charge is -2.66. The van der Waals surface area contributed by atoms with Crippen LogP contribution in [-0.2, 0) is 14.3 Å². The molecule has 0 aromatic rings. The molecular formula is C32H54O6. The van der Waals surface area contributed by atoms with E-state index in [-0.39, 0.29) is 47.8 Å². The van der Waals surface area contributed by atoms with E-state index in [2.05, 4.69) is 48.5 Å². The number of aliphatic hydroxyl groups is 3. The Balaban J connectivity index is 1.79. The fourth-order valence-electron chi connectivity index (χ4n) is 9.89. The highest BCUT2D eigenvalue weighted by Crippen LogP contribution is 2.69. The second-order valence-corrected chi connectivity index (χ2v) is 14.5. The van der Waals surface area contributed by atoms with Gasteiger partial charge in [-0.25, -0.2) is 0 Å². The van der Waals surface area contributed by atoms with Crippen LogP contribution in [0.4, 0.5) is 0 Å². The monoisotopic (exact) mass is 534 g/mol. The SMILES string of the molecule is COC1CC2C3CC(O)C4(O)CC(O)CCC4(C)C3C(OC(C)=O)CC2(C)C1=C(C)CC(C)C(C)C(C)C. The zero-order valence-electron chi connectivity index (χ0n) is 25.3. The van der Waals surface area contributed by atoms with Crippen molar-refractivity contribution in [3.05, 3.63) is 11.1 Å². The molecule has 38 heavy (non-hydrogen) atoms. The molecule has 4 fully saturated rings. The molecule has 6 nitrogen and oxygen atoms in total. The summed E-state index contributed by atoms with van der Waals surface area (Å²) >= 11 is 0. The minimum Gasteiger partial charge on any atom is -0.462 e. The topological polar surface area (TPSA) is 96.2 Å². The van der Waals surface area contributed by atoms with Gasteiger partial charge in [-0.3, -0.25) is 4.79 Å². The van der Waals surface area contributed by atoms with E-state index in [1.165, 1.54) is 18.1 Å². The Morgan fingerprint density at radius 1 is 1.08 bits per heavy atom. The molecular weight excluding hydrogens is 480 g/mol. The molecule has 12 atom stereocenters. The van der Waals surface area contributed by atoms with Gasteiger partial charge in [0, 0.05) is 31.8 Å². The van der Waals surface area contributed by atoms with Crippen LogP contribution in [0.25, 0.3) is 0 Å². The molecule has 6 heteroatoms. The average Bonchev–Trinajstić information content (AvgIpc) is 3.12. The molecule has 0 aromatic carbocycles. The van der Waals surface area contributed by atoms with Crippen LogP contribution in [0.2, 0.25) is 0 Å². The maximum absolute atomic E-state index is 12.5. The summed E-state index contributed by atoms with van der Waals surface area (Å²) < 4.78 is 12.3. The van der Waals surface area contributed by atoms with Crippen LogP contribution in [0.3, 0.4) is 0 Å². The van der Waals surface area contributed by atoms with E-state index in [0.29, 0.717) is 43.4 Å². The molecule has 4 saturated carbocycles. The average molecular weight is 535 g/mol. The van der Waals surface area contributed by atoms with Gasteiger partial charge in [-0.2, -0.15) is 0 Å². The molecule has 4 aliphatic carbocycles. The van der Waals surface area contributed by atoms with E-state index in [1.54, 1.807) is 7.11 Å². The lowest BCUT2D eigenvalue weighted by atomic mass is 9.42. The molecule has 12 unspecified atom stereocenters. The van der Waals surface area contributed by atoms with E-state index >= 15 is 0 Å². The van der Waals surface area contributed by atoms with E-state index < -0.39 is 23.2 Å². The first-order chi connectivity index (χ1) is 17.6. The number of ether oxygens (including phenoxy) is 2. The van der Waals surface area contributed by atoms with Gasteiger partial charge in [-0.15, -0.1) is 0 Å². The Morgan fingerprint density at radius 2 is 1.74 bits per heavy atom. The highest BCUT2D eigenvalue weighted by molar-refractivity contribution is 5.66. The summed E-state index contributed by atoms with van der Waals surface area (Å²) in [6.07, 6.45) is 2.49. The van der Waals surface area contributed by atoms with E-state index in [0.717, 1.165) is 12.8 Å². The number of rotatable bonds is 6. The second-order valence-electron chi connectivity index (χ2n) is 14.5. The van der Waals surface area contributed by atoms with Gasteiger partial charge in [0.15, 0.2) is 0 Å². The standard InChI is InChI=1S/C32H54O6/c1-17(2)20(5)18(3)12-19(4)28-25(37-9)14-24-23-13-27(35)32(36)15-22(34)10-11-31(32,8)29(23)26(38-21(6)33)16-30(24,28)7/h17-18,20,22-27,29,34-36H,10-16H2,1-9H3. The second kappa shape index (κ2) is 10.5. The van der Waals surface area contributed by atoms with Crippen molar-refractivity contribution in [2.24, 2.45) is 46.3 Å². The van der Waals surface area contributed by atoms with Crippen LogP contribution >= 0.6 is 0 Å². The van der Waals surface area contributed by atoms with Crippen LogP contribution in [0, 0.1) is 46.3 Å². The molecule has 0 spiro atoms. The van der Waals surface area contributed by atoms with E-state index in [1.807, 2.05) is 0 Å². The molecule has 0 aliphatic heterocycles. The quantitative estimate of drug-likeness (QED) is 0.317. The first-order valence-corrected chi connectivity index (χ1v) is 15.1. The fourth-order valence-corrected chi connectivity index (χ4v) is 9.89. The Bertz CT molecular complexity index is 929. The Morgan fingerprint density at radius 3 is 2.32 bits per heavy atom. The van der Waals surface area contributed by atoms with Crippen molar-refractivity contribution >= 4 is 5.97 Å². The van der Waals surface area contributed by atoms with Crippen LogP contribution in [-0.4, -0.2) is 58.4 Å². The van der Waals surface area contributed by atoms with Crippen LogP contribution < -0.4 is 0 Å². The fraction of sp³-hybridized carbons (Fsp3) is 0.906. The van der Waals surface area contributed by atoms with Crippen molar-refractivity contribution in [1.29, 1.82) is 0 Å². The highest BCUT2D eigenvalue weighted by Gasteiger charge is 2.70. The lowest BCUT2D eigenvalue weighted by molar-refractivity contribution is -0.281. The normalized spacial score (nSPS) is 47.6. The summed E-state index contributed by atoms with van der Waals surface area (Å²) in [5.74, 6) is 1.74. The van der Waals surface area contributed by atoms with E-state index in [4.69, 9.17) is 9.47 Å². The molecule has 0 saturated heterocycles. The summed E-state index contributed by atoms with van der Waals surface area (Å²) in [4.78, 5) is 12.5. The van der Waals surface area contributed by atoms with Crippen molar-refractivity contribution < 1.29 is 29.6 Å². The van der Waals surface area contributed by atoms with Crippen molar-refractivity contribution in [3.8, 4) is 0 Å². The van der Waals surface area contributed by atoms with Crippen molar-refractivity contribution in [2.75, 3.05) is 7.11 Å². The summed E-state index contributed by atoms with van der Waals surface area (Å²) in [7, 11) is 1.80. The van der Waals surface area contributed by atoms with Gasteiger partial charge in [-0.1, -0.05) is 47.1 Å². The molecule has 4 rings (SSSR count). The highest BCUT2D eigenvalue weighted by atomic mass is 16.5. The Kier molecular flexibility index (Phi) is 8.27. The van der Waals surface area contributed by atoms with Gasteiger partial charge in [0.1, 0.15) is 6.10 Å². The first-order valence-electron chi connectivity index (χ1n) is 15.1. The summed E-state index contributed by atoms with van der Waals surface area (Å²) in [6.45, 7) is 17.4. The van der Waals surface area contributed by atoms with Gasteiger partial charge >= 0.3 is 5.97 Å². The van der Waals surface area contributed by atoms with Gasteiger partial charge in [0.25, 0.3) is 0 Å². The smallest absolute Gasteiger partial charge is 0.302 e. The predicted molar refractivity (Wildman–Crippen MR) is 148 cm³/mol. The number of allylic oxidation sites excluding steroid dienone is 1. The molecule has 0 amide bonds. The van der Waals surface area contributed by atoms with Gasteiger partial charge < -0.3 is 24.8 Å². The van der Waals surface area contributed by atoms with Crippen LogP contribution in [0.5, 0.6) is 0 Å². The largest absolute Gasteiger partial charge is 0.462 e. The van der Waals surface area contributed by atoms with Gasteiger partial charge in [0.05, 0.1) is 23.9 Å². The van der Waals surface area contributed by atoms with Crippen molar-refractivity contribution in [1.82, 2.24) is 0 Å². The number of carbonyl (C=O) groups is 1. The first kappa shape index (κ1) is 30.0. The Labute approximate surface area is 230 Å². The summed E-state index contributed by atoms with van der Waals surface area (Å²) in [6, 6.07) is 0. The third-order valence-corrected chi connectivity index (χ3v) is 12.2. The zero-order valence-corrected chi connectivity index (χ0v) is 25.3. The molecule has 0 heterocycles. The van der Waals surface area contributed by atoms with E-state index in [9.17, 15) is 20.1 Å². The third-order valence-electron chi connectivity index (χ3n) is 12.2. The molecule has 0 bridgehead atoms. The minimum absolute atomic E-state index is 0.00206. The summed E-state index contributed by atoms with van der Waals surface area (Å²) in [5, 5.41) is 33.9. The number of carbonyl (C=O) groups excluding carboxylic acids is 1. The lowest BCUT2D eigenvalue weighted by Crippen LogP contribution is -2.71. The minimum atomic E-state index is -1.39.